The van der Waals surface area contributed by atoms with Crippen molar-refractivity contribution in [3.63, 3.8) is 0 Å². The molecule has 4 unspecified atom stereocenters. The summed E-state index contributed by atoms with van der Waals surface area (Å²) in [5, 5.41) is 1.09. The maximum atomic E-state index is 13.4. The molecular formula is C33H25ClN2O5. The number of pyridine rings is 1. The molecule has 3 aromatic carbocycles. The van der Waals surface area contributed by atoms with E-state index in [2.05, 4.69) is 0 Å². The largest absolute Gasteiger partial charge is 0.454 e. The van der Waals surface area contributed by atoms with Crippen LogP contribution in [0.4, 0.5) is 5.69 Å². The Bertz CT molecular complexity index is 1720. The Hall–Kier alpha value is -4.36. The Balaban J connectivity index is 1.19. The Kier molecular flexibility index (Phi) is 6.20. The molecular weight excluding hydrogens is 540 g/mol. The second kappa shape index (κ2) is 9.93. The standard InChI is InChI=1S/C33H25ClN2O5/c34-22-12-10-18(11-13-22)28(37)17-41-33(40)25-16-27(35-26-7-2-1-6-24(25)26)19-4-3-5-23(15-19)36-31(38)29-20-8-9-21(14-20)30(29)32(36)39/h1-7,10-13,15-16,20-21,29-30H,8-9,14,17H2. The molecule has 0 N–H and O–H groups in total. The molecule has 7 nitrogen and oxygen atoms in total. The predicted molar refractivity (Wildman–Crippen MR) is 154 cm³/mol. The van der Waals surface area contributed by atoms with Crippen molar-refractivity contribution in [3.05, 3.63) is 95.0 Å². The van der Waals surface area contributed by atoms with Crippen LogP contribution in [0.15, 0.2) is 78.9 Å². The SMILES string of the molecule is O=C(COC(=O)c1cc(-c2cccc(N3C(=O)C4C5CCC(C5)C4C3=O)c2)nc2ccccc12)c1ccc(Cl)cc1. The number of carbonyl (C=O) groups excluding carboxylic acids is 4. The van der Waals surface area contributed by atoms with Gasteiger partial charge in [0.15, 0.2) is 12.4 Å². The summed E-state index contributed by atoms with van der Waals surface area (Å²) in [4.78, 5) is 58.7. The van der Waals surface area contributed by atoms with Crippen LogP contribution in [0.2, 0.25) is 5.02 Å². The Morgan fingerprint density at radius 3 is 2.32 bits per heavy atom. The van der Waals surface area contributed by atoms with Gasteiger partial charge in [0.05, 0.1) is 34.3 Å². The number of para-hydroxylation sites is 1. The lowest BCUT2D eigenvalue weighted by atomic mass is 9.81. The smallest absolute Gasteiger partial charge is 0.339 e. The third-order valence-electron chi connectivity index (χ3n) is 8.76. The van der Waals surface area contributed by atoms with Gasteiger partial charge >= 0.3 is 5.97 Å². The van der Waals surface area contributed by atoms with Crippen molar-refractivity contribution in [1.82, 2.24) is 4.98 Å². The van der Waals surface area contributed by atoms with Crippen LogP contribution in [0, 0.1) is 23.7 Å². The van der Waals surface area contributed by atoms with Crippen molar-refractivity contribution < 1.29 is 23.9 Å². The molecule has 0 radical (unpaired) electrons. The lowest BCUT2D eigenvalue weighted by Crippen LogP contribution is -2.32. The number of imide groups is 1. The van der Waals surface area contributed by atoms with Gasteiger partial charge in [0.1, 0.15) is 0 Å². The Morgan fingerprint density at radius 2 is 1.59 bits per heavy atom. The lowest BCUT2D eigenvalue weighted by Gasteiger charge is -2.19. The van der Waals surface area contributed by atoms with Gasteiger partial charge in [-0.05, 0) is 79.6 Å². The number of amides is 2. The zero-order valence-corrected chi connectivity index (χ0v) is 22.7. The highest BCUT2D eigenvalue weighted by Gasteiger charge is 2.61. The molecule has 1 aliphatic heterocycles. The number of ether oxygens (including phenoxy) is 1. The van der Waals surface area contributed by atoms with Crippen molar-refractivity contribution in [2.45, 2.75) is 19.3 Å². The molecule has 2 aliphatic carbocycles. The number of halogens is 1. The van der Waals surface area contributed by atoms with Crippen LogP contribution in [0.25, 0.3) is 22.2 Å². The highest BCUT2D eigenvalue weighted by molar-refractivity contribution is 6.30. The van der Waals surface area contributed by atoms with Crippen molar-refractivity contribution >= 4 is 51.8 Å². The number of benzene rings is 3. The lowest BCUT2D eigenvalue weighted by molar-refractivity contribution is -0.123. The van der Waals surface area contributed by atoms with Crippen LogP contribution in [-0.4, -0.2) is 35.2 Å². The Morgan fingerprint density at radius 1 is 0.878 bits per heavy atom. The molecule has 1 aromatic heterocycles. The van der Waals surface area contributed by atoms with Gasteiger partial charge in [0.25, 0.3) is 0 Å². The number of hydrogen-bond acceptors (Lipinski definition) is 6. The number of ketones is 1. The number of aromatic nitrogens is 1. The zero-order chi connectivity index (χ0) is 28.2. The fraction of sp³-hybridized carbons (Fsp3) is 0.242. The molecule has 2 heterocycles. The van der Waals surface area contributed by atoms with Crippen LogP contribution < -0.4 is 4.90 Å². The predicted octanol–water partition coefficient (Wildman–Crippen LogP) is 6.13. The van der Waals surface area contributed by atoms with Crippen molar-refractivity contribution in [3.8, 4) is 11.3 Å². The van der Waals surface area contributed by atoms with Gasteiger partial charge in [-0.15, -0.1) is 0 Å². The van der Waals surface area contributed by atoms with Crippen LogP contribution in [-0.2, 0) is 14.3 Å². The fourth-order valence-corrected chi connectivity index (χ4v) is 7.01. The number of nitrogens with zero attached hydrogens (tertiary/aromatic N) is 2. The van der Waals surface area contributed by atoms with E-state index in [-0.39, 0.29) is 35.0 Å². The van der Waals surface area contributed by atoms with Gasteiger partial charge in [-0.2, -0.15) is 0 Å². The van der Waals surface area contributed by atoms with E-state index in [0.717, 1.165) is 19.3 Å². The van der Waals surface area contributed by atoms with Gasteiger partial charge in [-0.3, -0.25) is 19.3 Å². The first-order valence-electron chi connectivity index (χ1n) is 13.7. The third-order valence-corrected chi connectivity index (χ3v) is 9.02. The van der Waals surface area contributed by atoms with Crippen LogP contribution >= 0.6 is 11.6 Å². The average molecular weight is 565 g/mol. The molecule has 204 valence electrons. The first-order chi connectivity index (χ1) is 19.9. The van der Waals surface area contributed by atoms with Gasteiger partial charge in [-0.1, -0.05) is 41.9 Å². The summed E-state index contributed by atoms with van der Waals surface area (Å²) in [6.07, 6.45) is 3.01. The first-order valence-corrected chi connectivity index (χ1v) is 14.1. The first kappa shape index (κ1) is 25.6. The molecule has 2 bridgehead atoms. The summed E-state index contributed by atoms with van der Waals surface area (Å²) < 4.78 is 5.43. The zero-order valence-electron chi connectivity index (χ0n) is 22.0. The van der Waals surface area contributed by atoms with Gasteiger partial charge < -0.3 is 4.74 Å². The number of anilines is 1. The van der Waals surface area contributed by atoms with E-state index in [0.29, 0.717) is 50.3 Å². The van der Waals surface area contributed by atoms with Crippen molar-refractivity contribution in [1.29, 1.82) is 0 Å². The fourth-order valence-electron chi connectivity index (χ4n) is 6.89. The van der Waals surface area contributed by atoms with E-state index in [4.69, 9.17) is 21.3 Å². The molecule has 0 spiro atoms. The van der Waals surface area contributed by atoms with E-state index in [1.807, 2.05) is 12.1 Å². The molecule has 4 atom stereocenters. The van der Waals surface area contributed by atoms with E-state index >= 15 is 0 Å². The number of fused-ring (bicyclic) bond motifs is 6. The summed E-state index contributed by atoms with van der Waals surface area (Å²) in [5.74, 6) is -1.03. The maximum Gasteiger partial charge on any atom is 0.339 e. The number of esters is 1. The van der Waals surface area contributed by atoms with E-state index < -0.39 is 12.6 Å². The second-order valence-corrected chi connectivity index (χ2v) is 11.5. The molecule has 8 heteroatoms. The summed E-state index contributed by atoms with van der Waals surface area (Å²) in [7, 11) is 0. The van der Waals surface area contributed by atoms with E-state index in [9.17, 15) is 19.2 Å². The highest BCUT2D eigenvalue weighted by atomic mass is 35.5. The normalized spacial score (nSPS) is 22.8. The molecule has 3 aliphatic rings. The minimum atomic E-state index is -0.656. The summed E-state index contributed by atoms with van der Waals surface area (Å²) in [6, 6.07) is 22.3. The minimum absolute atomic E-state index is 0.106. The van der Waals surface area contributed by atoms with E-state index in [1.54, 1.807) is 66.7 Å². The van der Waals surface area contributed by atoms with E-state index in [1.165, 1.54) is 4.90 Å². The summed E-state index contributed by atoms with van der Waals surface area (Å²) in [5.41, 5.74) is 2.88. The second-order valence-electron chi connectivity index (χ2n) is 11.0. The maximum absolute atomic E-state index is 13.4. The molecule has 2 amide bonds. The molecule has 41 heavy (non-hydrogen) atoms. The van der Waals surface area contributed by atoms with Gasteiger partial charge in [0.2, 0.25) is 11.8 Å². The molecule has 2 saturated carbocycles. The molecule has 3 fully saturated rings. The van der Waals surface area contributed by atoms with Crippen molar-refractivity contribution in [2.75, 3.05) is 11.5 Å². The number of rotatable bonds is 6. The van der Waals surface area contributed by atoms with Gasteiger partial charge in [0, 0.05) is 21.5 Å². The van der Waals surface area contributed by atoms with Crippen LogP contribution in [0.3, 0.4) is 0 Å². The number of Topliss-reactive ketones (excluding diaryl/α,β-unsaturated/α-hetero) is 1. The van der Waals surface area contributed by atoms with Gasteiger partial charge in [-0.25, -0.2) is 9.78 Å². The topological polar surface area (TPSA) is 93.6 Å². The number of hydrogen-bond donors (Lipinski definition) is 0. The minimum Gasteiger partial charge on any atom is -0.454 e. The molecule has 7 rings (SSSR count). The Labute approximate surface area is 241 Å². The highest BCUT2D eigenvalue weighted by Crippen LogP contribution is 2.56. The van der Waals surface area contributed by atoms with Crippen LogP contribution in [0.1, 0.15) is 40.0 Å². The monoisotopic (exact) mass is 564 g/mol. The third kappa shape index (κ3) is 4.32. The van der Waals surface area contributed by atoms with Crippen molar-refractivity contribution in [2.24, 2.45) is 23.7 Å². The average Bonchev–Trinajstić information content (AvgIpc) is 3.69. The molecule has 1 saturated heterocycles. The summed E-state index contributed by atoms with van der Waals surface area (Å²) in [6.45, 7) is -0.425. The quantitative estimate of drug-likeness (QED) is 0.159. The van der Waals surface area contributed by atoms with Crippen LogP contribution in [0.5, 0.6) is 0 Å². The molecule has 4 aromatic rings. The summed E-state index contributed by atoms with van der Waals surface area (Å²) >= 11 is 5.90. The number of carbonyl (C=O) groups is 4.